The summed E-state index contributed by atoms with van der Waals surface area (Å²) in [6.07, 6.45) is 0. The zero-order valence-electron chi connectivity index (χ0n) is 14.8. The number of aromatic nitrogens is 2. The van der Waals surface area contributed by atoms with Gasteiger partial charge in [0.2, 0.25) is 5.91 Å². The minimum Gasteiger partial charge on any atom is -0.461 e. The highest BCUT2D eigenvalue weighted by molar-refractivity contribution is 6.30. The molecule has 26 heavy (non-hydrogen) atoms. The third-order valence-electron chi connectivity index (χ3n) is 4.25. The molecule has 0 radical (unpaired) electrons. The van der Waals surface area contributed by atoms with E-state index in [4.69, 9.17) is 16.3 Å². The minimum absolute atomic E-state index is 0.0819. The van der Waals surface area contributed by atoms with E-state index in [2.05, 4.69) is 9.97 Å². The van der Waals surface area contributed by atoms with Crippen LogP contribution in [0.4, 0.5) is 5.82 Å². The van der Waals surface area contributed by atoms with Gasteiger partial charge in [0, 0.05) is 26.2 Å². The maximum Gasteiger partial charge on any atom is 0.360 e. The number of anilines is 1. The fourth-order valence-electron chi connectivity index (χ4n) is 2.94. The van der Waals surface area contributed by atoms with E-state index in [1.165, 1.54) is 0 Å². The molecule has 1 aromatic carbocycles. The Morgan fingerprint density at radius 3 is 2.35 bits per heavy atom. The molecule has 1 aliphatic rings. The summed E-state index contributed by atoms with van der Waals surface area (Å²) in [6, 6.07) is 7.40. The second-order valence-electron chi connectivity index (χ2n) is 6.03. The summed E-state index contributed by atoms with van der Waals surface area (Å²) >= 11 is 5.89. The van der Waals surface area contributed by atoms with E-state index in [1.807, 2.05) is 29.2 Å². The SMILES string of the molecule is CCOC(=O)c1nc2ccccc2nc1N1CCN(C(=O)C(C)Cl)CC1. The van der Waals surface area contributed by atoms with E-state index in [0.717, 1.165) is 0 Å². The number of alkyl halides is 1. The average Bonchev–Trinajstić information content (AvgIpc) is 2.66. The van der Waals surface area contributed by atoms with Crippen LogP contribution in [-0.2, 0) is 9.53 Å². The van der Waals surface area contributed by atoms with Crippen molar-refractivity contribution in [2.24, 2.45) is 0 Å². The smallest absolute Gasteiger partial charge is 0.360 e. The normalized spacial score (nSPS) is 15.8. The first-order valence-electron chi connectivity index (χ1n) is 8.63. The molecule has 0 N–H and O–H groups in total. The number of amides is 1. The summed E-state index contributed by atoms with van der Waals surface area (Å²) in [5.41, 5.74) is 1.56. The number of rotatable bonds is 4. The number of halogens is 1. The van der Waals surface area contributed by atoms with Crippen LogP contribution in [-0.4, -0.2) is 64.9 Å². The van der Waals surface area contributed by atoms with E-state index in [1.54, 1.807) is 18.7 Å². The van der Waals surface area contributed by atoms with Crippen LogP contribution in [0.25, 0.3) is 11.0 Å². The lowest BCUT2D eigenvalue weighted by molar-refractivity contribution is -0.130. The van der Waals surface area contributed by atoms with E-state index in [-0.39, 0.29) is 18.2 Å². The van der Waals surface area contributed by atoms with Crippen molar-refractivity contribution < 1.29 is 14.3 Å². The molecule has 0 bridgehead atoms. The highest BCUT2D eigenvalue weighted by Crippen LogP contribution is 2.23. The van der Waals surface area contributed by atoms with Gasteiger partial charge in [0.15, 0.2) is 11.5 Å². The Kier molecular flexibility index (Phi) is 5.56. The molecule has 3 rings (SSSR count). The molecule has 1 aromatic heterocycles. The molecule has 1 aliphatic heterocycles. The van der Waals surface area contributed by atoms with Gasteiger partial charge in [-0.3, -0.25) is 4.79 Å². The molecule has 1 fully saturated rings. The zero-order valence-corrected chi connectivity index (χ0v) is 15.6. The molecule has 1 unspecified atom stereocenters. The monoisotopic (exact) mass is 376 g/mol. The number of piperazine rings is 1. The topological polar surface area (TPSA) is 75.6 Å². The first-order chi connectivity index (χ1) is 12.5. The van der Waals surface area contributed by atoms with Crippen LogP contribution < -0.4 is 4.90 Å². The lowest BCUT2D eigenvalue weighted by atomic mass is 10.2. The van der Waals surface area contributed by atoms with E-state index in [0.29, 0.717) is 43.0 Å². The number of carbonyl (C=O) groups excluding carboxylic acids is 2. The van der Waals surface area contributed by atoms with Gasteiger partial charge >= 0.3 is 5.97 Å². The summed E-state index contributed by atoms with van der Waals surface area (Å²) < 4.78 is 5.15. The molecule has 8 heteroatoms. The number of para-hydroxylation sites is 2. The predicted molar refractivity (Wildman–Crippen MR) is 99.6 cm³/mol. The van der Waals surface area contributed by atoms with Crippen LogP contribution in [0.2, 0.25) is 0 Å². The third-order valence-corrected chi connectivity index (χ3v) is 4.44. The van der Waals surface area contributed by atoms with Crippen LogP contribution in [0, 0.1) is 0 Å². The Hall–Kier alpha value is -2.41. The van der Waals surface area contributed by atoms with Gasteiger partial charge in [-0.05, 0) is 26.0 Å². The fourth-order valence-corrected chi connectivity index (χ4v) is 3.08. The van der Waals surface area contributed by atoms with Crippen molar-refractivity contribution >= 4 is 40.3 Å². The molecule has 0 spiro atoms. The summed E-state index contributed by atoms with van der Waals surface area (Å²) in [5, 5.41) is -0.544. The van der Waals surface area contributed by atoms with Gasteiger partial charge in [0.1, 0.15) is 5.38 Å². The number of ether oxygens (including phenoxy) is 1. The number of esters is 1. The van der Waals surface area contributed by atoms with Crippen molar-refractivity contribution in [2.75, 3.05) is 37.7 Å². The number of nitrogens with zero attached hydrogens (tertiary/aromatic N) is 4. The molecule has 0 aliphatic carbocycles. The van der Waals surface area contributed by atoms with Crippen molar-refractivity contribution in [3.8, 4) is 0 Å². The van der Waals surface area contributed by atoms with Crippen molar-refractivity contribution in [1.29, 1.82) is 0 Å². The number of benzene rings is 1. The largest absolute Gasteiger partial charge is 0.461 e. The van der Waals surface area contributed by atoms with Crippen LogP contribution in [0.1, 0.15) is 24.3 Å². The van der Waals surface area contributed by atoms with E-state index >= 15 is 0 Å². The van der Waals surface area contributed by atoms with Gasteiger partial charge in [-0.25, -0.2) is 14.8 Å². The van der Waals surface area contributed by atoms with Crippen LogP contribution in [0.3, 0.4) is 0 Å². The van der Waals surface area contributed by atoms with Crippen molar-refractivity contribution in [3.63, 3.8) is 0 Å². The van der Waals surface area contributed by atoms with Gasteiger partial charge in [-0.15, -0.1) is 11.6 Å². The first-order valence-corrected chi connectivity index (χ1v) is 9.06. The summed E-state index contributed by atoms with van der Waals surface area (Å²) in [4.78, 5) is 37.2. The standard InChI is InChI=1S/C18H21ClN4O3/c1-3-26-18(25)15-16(21-14-7-5-4-6-13(14)20-15)22-8-10-23(11-9-22)17(24)12(2)19/h4-7,12H,3,8-11H2,1-2H3. The Morgan fingerprint density at radius 2 is 1.77 bits per heavy atom. The van der Waals surface area contributed by atoms with Crippen LogP contribution >= 0.6 is 11.6 Å². The molecular weight excluding hydrogens is 356 g/mol. The molecule has 0 saturated carbocycles. The highest BCUT2D eigenvalue weighted by atomic mass is 35.5. The molecule has 1 amide bonds. The Bertz CT molecular complexity index is 819. The first kappa shape index (κ1) is 18.4. The Labute approximate surface area is 156 Å². The van der Waals surface area contributed by atoms with Crippen molar-refractivity contribution in [1.82, 2.24) is 14.9 Å². The van der Waals surface area contributed by atoms with Gasteiger partial charge in [0.05, 0.1) is 17.6 Å². The molecule has 1 saturated heterocycles. The molecule has 1 atom stereocenters. The van der Waals surface area contributed by atoms with Crippen LogP contribution in [0.5, 0.6) is 0 Å². The Balaban J connectivity index is 1.90. The predicted octanol–water partition coefficient (Wildman–Crippen LogP) is 2.08. The summed E-state index contributed by atoms with van der Waals surface area (Å²) in [6.45, 7) is 5.83. The summed E-state index contributed by atoms with van der Waals surface area (Å²) in [7, 11) is 0. The second kappa shape index (κ2) is 7.86. The second-order valence-corrected chi connectivity index (χ2v) is 6.69. The van der Waals surface area contributed by atoms with Crippen molar-refractivity contribution in [2.45, 2.75) is 19.2 Å². The highest BCUT2D eigenvalue weighted by Gasteiger charge is 2.28. The lowest BCUT2D eigenvalue weighted by Crippen LogP contribution is -2.51. The quantitative estimate of drug-likeness (QED) is 0.600. The number of carbonyl (C=O) groups is 2. The molecular formula is C18H21ClN4O3. The summed E-state index contributed by atoms with van der Waals surface area (Å²) in [5.74, 6) is -0.0802. The molecule has 138 valence electrons. The Morgan fingerprint density at radius 1 is 1.15 bits per heavy atom. The number of fused-ring (bicyclic) bond motifs is 1. The van der Waals surface area contributed by atoms with Crippen molar-refractivity contribution in [3.05, 3.63) is 30.0 Å². The zero-order chi connectivity index (χ0) is 18.7. The van der Waals surface area contributed by atoms with Gasteiger partial charge in [-0.2, -0.15) is 0 Å². The third kappa shape index (κ3) is 3.72. The minimum atomic E-state index is -0.544. The van der Waals surface area contributed by atoms with Gasteiger partial charge < -0.3 is 14.5 Å². The van der Waals surface area contributed by atoms with Crippen LogP contribution in [0.15, 0.2) is 24.3 Å². The van der Waals surface area contributed by atoms with E-state index < -0.39 is 11.3 Å². The maximum absolute atomic E-state index is 12.4. The average molecular weight is 377 g/mol. The molecule has 7 nitrogen and oxygen atoms in total. The molecule has 2 heterocycles. The lowest BCUT2D eigenvalue weighted by Gasteiger charge is -2.36. The number of hydrogen-bond acceptors (Lipinski definition) is 6. The van der Waals surface area contributed by atoms with E-state index in [9.17, 15) is 9.59 Å². The van der Waals surface area contributed by atoms with Gasteiger partial charge in [0.25, 0.3) is 0 Å². The fraction of sp³-hybridized carbons (Fsp3) is 0.444. The van der Waals surface area contributed by atoms with Gasteiger partial charge in [-0.1, -0.05) is 12.1 Å². The number of hydrogen-bond donors (Lipinski definition) is 0. The maximum atomic E-state index is 12.4. The molecule has 2 aromatic rings.